The Balaban J connectivity index is 2.43. The van der Waals surface area contributed by atoms with Crippen LogP contribution in [0.1, 0.15) is 17.3 Å². The van der Waals surface area contributed by atoms with Gasteiger partial charge in [0, 0.05) is 18.8 Å². The lowest BCUT2D eigenvalue weighted by atomic mass is 10.1. The predicted octanol–water partition coefficient (Wildman–Crippen LogP) is 2.61. The monoisotopic (exact) mass is 431 g/mol. The number of ether oxygens (including phenoxy) is 1. The summed E-state index contributed by atoms with van der Waals surface area (Å²) in [7, 11) is 1.57. The fourth-order valence-corrected chi connectivity index (χ4v) is 3.34. The van der Waals surface area contributed by atoms with Crippen molar-refractivity contribution >= 4 is 43.6 Å². The smallest absolute Gasteiger partial charge is 0.259 e. The van der Waals surface area contributed by atoms with Crippen molar-refractivity contribution in [2.75, 3.05) is 13.6 Å². The van der Waals surface area contributed by atoms with Gasteiger partial charge in [-0.25, -0.2) is 0 Å². The largest absolute Gasteiger partial charge is 0.506 e. The van der Waals surface area contributed by atoms with E-state index in [1.165, 1.54) is 11.1 Å². The molecule has 8 heteroatoms. The molecule has 1 saturated heterocycles. The second kappa shape index (κ2) is 6.70. The molecule has 2 rings (SSSR count). The number of phenolic OH excluding ortho intramolecular Hbond substituents is 1. The molecule has 1 fully saturated rings. The number of benzene rings is 1. The van der Waals surface area contributed by atoms with Crippen LogP contribution < -0.4 is 5.73 Å². The molecule has 0 radical (unpaired) electrons. The Labute approximate surface area is 144 Å². The number of hydrogen-bond acceptors (Lipinski definition) is 5. The Morgan fingerprint density at radius 2 is 2.09 bits per heavy atom. The molecule has 1 atom stereocenters. The lowest BCUT2D eigenvalue weighted by Gasteiger charge is -2.34. The average Bonchev–Trinajstić information content (AvgIpc) is 2.50. The fourth-order valence-electron chi connectivity index (χ4n) is 2.15. The van der Waals surface area contributed by atoms with Gasteiger partial charge in [0.25, 0.3) is 5.91 Å². The van der Waals surface area contributed by atoms with Crippen LogP contribution in [0.25, 0.3) is 0 Å². The number of halogens is 2. The van der Waals surface area contributed by atoms with Gasteiger partial charge in [-0.3, -0.25) is 14.7 Å². The number of carbonyl (C=O) groups is 1. The minimum atomic E-state index is -0.253. The predicted molar refractivity (Wildman–Crippen MR) is 90.7 cm³/mol. The van der Waals surface area contributed by atoms with E-state index in [2.05, 4.69) is 36.9 Å². The third-order valence-electron chi connectivity index (χ3n) is 3.12. The van der Waals surface area contributed by atoms with Gasteiger partial charge in [0.2, 0.25) is 0 Å². The molecular formula is C14H15Br2N3O3. The molecule has 1 aliphatic heterocycles. The molecule has 0 spiro atoms. The topological polar surface area (TPSA) is 88.2 Å². The molecule has 1 amide bonds. The van der Waals surface area contributed by atoms with E-state index in [0.29, 0.717) is 32.6 Å². The number of carbonyl (C=O) groups excluding carboxylic acids is 1. The summed E-state index contributed by atoms with van der Waals surface area (Å²) in [6.07, 6.45) is 1.09. The number of aliphatic imine (C=N–C) groups is 1. The number of hydrogen-bond donors (Lipinski definition) is 2. The van der Waals surface area contributed by atoms with Gasteiger partial charge in [0.05, 0.1) is 15.5 Å². The van der Waals surface area contributed by atoms with Gasteiger partial charge < -0.3 is 15.6 Å². The maximum atomic E-state index is 12.8. The van der Waals surface area contributed by atoms with Crippen molar-refractivity contribution in [2.24, 2.45) is 10.7 Å². The summed E-state index contributed by atoms with van der Waals surface area (Å²) < 4.78 is 6.43. The van der Waals surface area contributed by atoms with Crippen molar-refractivity contribution in [3.05, 3.63) is 38.6 Å². The first-order valence-corrected chi connectivity index (χ1v) is 8.03. The first kappa shape index (κ1) is 16.8. The van der Waals surface area contributed by atoms with Gasteiger partial charge >= 0.3 is 0 Å². The molecule has 1 aromatic rings. The zero-order chi connectivity index (χ0) is 16.4. The Kier molecular flexibility index (Phi) is 5.12. The molecule has 22 heavy (non-hydrogen) atoms. The summed E-state index contributed by atoms with van der Waals surface area (Å²) in [6.45, 7) is 2.21. The summed E-state index contributed by atoms with van der Waals surface area (Å²) >= 11 is 6.44. The zero-order valence-electron chi connectivity index (χ0n) is 12.0. The molecule has 6 nitrogen and oxygen atoms in total. The summed E-state index contributed by atoms with van der Waals surface area (Å²) in [5.74, 6) is 0.535. The van der Waals surface area contributed by atoms with Crippen molar-refractivity contribution in [3.63, 3.8) is 0 Å². The van der Waals surface area contributed by atoms with Crippen LogP contribution in [0.3, 0.4) is 0 Å². The van der Waals surface area contributed by atoms with Crippen LogP contribution in [0.15, 0.2) is 38.0 Å². The summed E-state index contributed by atoms with van der Waals surface area (Å²) in [6, 6.07) is 3.11. The third-order valence-corrected chi connectivity index (χ3v) is 4.33. The lowest BCUT2D eigenvalue weighted by molar-refractivity contribution is 0.0626. The Hall–Kier alpha value is -1.54. The van der Waals surface area contributed by atoms with Crippen LogP contribution in [0, 0.1) is 0 Å². The second-order valence-electron chi connectivity index (χ2n) is 4.71. The zero-order valence-corrected chi connectivity index (χ0v) is 15.2. The van der Waals surface area contributed by atoms with Gasteiger partial charge in [0.1, 0.15) is 11.9 Å². The van der Waals surface area contributed by atoms with Crippen molar-refractivity contribution in [1.29, 1.82) is 0 Å². The van der Waals surface area contributed by atoms with Gasteiger partial charge in [0.15, 0.2) is 11.6 Å². The van der Waals surface area contributed by atoms with Gasteiger partial charge in [-0.1, -0.05) is 0 Å². The fraction of sp³-hybridized carbons (Fsp3) is 0.286. The minimum absolute atomic E-state index is 0.0406. The number of nitrogens with two attached hydrogens (primary N) is 1. The van der Waals surface area contributed by atoms with Crippen LogP contribution in [0.2, 0.25) is 0 Å². The molecule has 1 aromatic carbocycles. The molecule has 0 aliphatic carbocycles. The molecule has 1 aliphatic rings. The maximum Gasteiger partial charge on any atom is 0.259 e. The van der Waals surface area contributed by atoms with E-state index in [1.807, 2.05) is 6.92 Å². The first-order valence-electron chi connectivity index (χ1n) is 6.44. The summed E-state index contributed by atoms with van der Waals surface area (Å²) in [4.78, 5) is 18.4. The standard InChI is InChI=1S/C14H15Br2N3O3/c1-7-6-19(13(18-2)11(5-17)22-7)14(21)8-3-9(15)12(20)10(16)4-8/h3-5,7,20H,6,17H2,1-2H3/t7-/m0/s1. The van der Waals surface area contributed by atoms with Crippen molar-refractivity contribution in [1.82, 2.24) is 4.90 Å². The first-order chi connectivity index (χ1) is 10.4. The number of phenols is 1. The van der Waals surface area contributed by atoms with E-state index in [1.54, 1.807) is 19.2 Å². The molecule has 3 N–H and O–H groups in total. The normalized spacial score (nSPS) is 22.0. The van der Waals surface area contributed by atoms with Crippen LogP contribution in [0.4, 0.5) is 0 Å². The van der Waals surface area contributed by atoms with Crippen LogP contribution in [0.5, 0.6) is 5.75 Å². The van der Waals surface area contributed by atoms with Crippen LogP contribution in [-0.4, -0.2) is 41.4 Å². The van der Waals surface area contributed by atoms with E-state index in [4.69, 9.17) is 10.5 Å². The van der Waals surface area contributed by atoms with Crippen LogP contribution in [-0.2, 0) is 4.74 Å². The number of morpholine rings is 1. The quantitative estimate of drug-likeness (QED) is 0.713. The number of nitrogens with zero attached hydrogens (tertiary/aromatic N) is 2. The highest BCUT2D eigenvalue weighted by Gasteiger charge is 2.32. The van der Waals surface area contributed by atoms with Crippen molar-refractivity contribution in [2.45, 2.75) is 13.0 Å². The van der Waals surface area contributed by atoms with E-state index >= 15 is 0 Å². The number of aromatic hydroxyl groups is 1. The van der Waals surface area contributed by atoms with Crippen molar-refractivity contribution in [3.8, 4) is 5.75 Å². The summed E-state index contributed by atoms with van der Waals surface area (Å²) in [5, 5.41) is 9.76. The molecule has 0 aromatic heterocycles. The number of amides is 1. The van der Waals surface area contributed by atoms with E-state index < -0.39 is 0 Å². The molecular weight excluding hydrogens is 418 g/mol. The Morgan fingerprint density at radius 3 is 2.59 bits per heavy atom. The molecule has 0 bridgehead atoms. The van der Waals surface area contributed by atoms with Gasteiger partial charge in [-0.2, -0.15) is 0 Å². The average molecular weight is 433 g/mol. The second-order valence-corrected chi connectivity index (χ2v) is 6.42. The minimum Gasteiger partial charge on any atom is -0.506 e. The highest BCUT2D eigenvalue weighted by Crippen LogP contribution is 2.34. The molecule has 118 valence electrons. The molecule has 1 heterocycles. The Morgan fingerprint density at radius 1 is 1.50 bits per heavy atom. The van der Waals surface area contributed by atoms with Crippen molar-refractivity contribution < 1.29 is 14.6 Å². The third kappa shape index (κ3) is 3.12. The maximum absolute atomic E-state index is 12.8. The van der Waals surface area contributed by atoms with E-state index in [0.717, 1.165) is 0 Å². The SMILES string of the molecule is CN=C1C(=CN)O[C@@H](C)CN1C(=O)c1cc(Br)c(O)c(Br)c1. The highest BCUT2D eigenvalue weighted by atomic mass is 79.9. The van der Waals surface area contributed by atoms with Gasteiger partial charge in [-0.15, -0.1) is 0 Å². The highest BCUT2D eigenvalue weighted by molar-refractivity contribution is 9.11. The summed E-state index contributed by atoms with van der Waals surface area (Å²) in [5.41, 5.74) is 5.95. The lowest BCUT2D eigenvalue weighted by Crippen LogP contribution is -2.48. The number of amidine groups is 1. The van der Waals surface area contributed by atoms with E-state index in [9.17, 15) is 9.90 Å². The Bertz CT molecular complexity index is 650. The van der Waals surface area contributed by atoms with Gasteiger partial charge in [-0.05, 0) is 50.9 Å². The number of rotatable bonds is 1. The molecule has 0 unspecified atom stereocenters. The van der Waals surface area contributed by atoms with Crippen LogP contribution >= 0.6 is 31.9 Å². The van der Waals surface area contributed by atoms with E-state index in [-0.39, 0.29) is 17.8 Å². The molecule has 0 saturated carbocycles.